The van der Waals surface area contributed by atoms with Crippen molar-refractivity contribution in [3.63, 3.8) is 0 Å². The van der Waals surface area contributed by atoms with Crippen LogP contribution >= 0.6 is 0 Å². The lowest BCUT2D eigenvalue weighted by Crippen LogP contribution is -2.41. The predicted molar refractivity (Wildman–Crippen MR) is 77.6 cm³/mol. The van der Waals surface area contributed by atoms with Crippen molar-refractivity contribution in [2.24, 2.45) is 0 Å². The fourth-order valence-corrected chi connectivity index (χ4v) is 2.89. The van der Waals surface area contributed by atoms with Gasteiger partial charge in [0.25, 0.3) is 0 Å². The highest BCUT2D eigenvalue weighted by molar-refractivity contribution is 5.37. The van der Waals surface area contributed by atoms with Crippen LogP contribution in [-0.4, -0.2) is 25.4 Å². The van der Waals surface area contributed by atoms with Crippen LogP contribution in [0.4, 0.5) is 0 Å². The molecule has 0 saturated carbocycles. The van der Waals surface area contributed by atoms with Gasteiger partial charge in [0.2, 0.25) is 0 Å². The van der Waals surface area contributed by atoms with Gasteiger partial charge in [-0.05, 0) is 39.3 Å². The Morgan fingerprint density at radius 2 is 2.16 bits per heavy atom. The molecule has 0 aliphatic carbocycles. The molecule has 2 unspecified atom stereocenters. The number of likely N-dealkylation sites (N-methyl/N-ethyl adjacent to an activating group) is 1. The Balaban J connectivity index is 2.33. The minimum Gasteiger partial charge on any atom is -0.494 e. The number of hydrogen-bond acceptors (Lipinski definition) is 3. The lowest BCUT2D eigenvalue weighted by atomic mass is 9.87. The molecule has 0 bridgehead atoms. The van der Waals surface area contributed by atoms with E-state index in [2.05, 4.69) is 31.3 Å². The van der Waals surface area contributed by atoms with Crippen molar-refractivity contribution in [1.29, 1.82) is 0 Å². The van der Waals surface area contributed by atoms with Crippen LogP contribution in [0.3, 0.4) is 0 Å². The maximum Gasteiger partial charge on any atom is 0.124 e. The van der Waals surface area contributed by atoms with Gasteiger partial charge in [0, 0.05) is 12.2 Å². The number of ether oxygens (including phenoxy) is 2. The van der Waals surface area contributed by atoms with Gasteiger partial charge < -0.3 is 14.8 Å². The number of hydrogen-bond donors (Lipinski definition) is 1. The Morgan fingerprint density at radius 1 is 1.37 bits per heavy atom. The van der Waals surface area contributed by atoms with E-state index < -0.39 is 0 Å². The van der Waals surface area contributed by atoms with Crippen LogP contribution in [0.1, 0.15) is 45.2 Å². The molecule has 1 aromatic carbocycles. The minimum atomic E-state index is -0.136. The normalized spacial score (nSPS) is 24.4. The van der Waals surface area contributed by atoms with Crippen LogP contribution < -0.4 is 10.1 Å². The molecule has 1 aliphatic rings. The summed E-state index contributed by atoms with van der Waals surface area (Å²) in [5, 5.41) is 3.58. The zero-order chi connectivity index (χ0) is 13.7. The monoisotopic (exact) mass is 263 g/mol. The van der Waals surface area contributed by atoms with E-state index in [9.17, 15) is 0 Å². The van der Waals surface area contributed by atoms with Gasteiger partial charge in [0.1, 0.15) is 5.75 Å². The summed E-state index contributed by atoms with van der Waals surface area (Å²) in [5.41, 5.74) is 1.07. The zero-order valence-corrected chi connectivity index (χ0v) is 12.2. The third kappa shape index (κ3) is 3.10. The molecule has 0 spiro atoms. The quantitative estimate of drug-likeness (QED) is 0.854. The molecular formula is C16H25NO2. The van der Waals surface area contributed by atoms with Crippen LogP contribution in [0.2, 0.25) is 0 Å². The van der Waals surface area contributed by atoms with Gasteiger partial charge in [0.15, 0.2) is 0 Å². The van der Waals surface area contributed by atoms with Crippen molar-refractivity contribution >= 4 is 0 Å². The molecule has 1 aromatic rings. The largest absolute Gasteiger partial charge is 0.494 e. The van der Waals surface area contributed by atoms with E-state index >= 15 is 0 Å². The fraction of sp³-hybridized carbons (Fsp3) is 0.625. The number of para-hydroxylation sites is 1. The van der Waals surface area contributed by atoms with Crippen LogP contribution in [0.5, 0.6) is 5.75 Å². The first-order chi connectivity index (χ1) is 9.21. The van der Waals surface area contributed by atoms with Gasteiger partial charge in [-0.25, -0.2) is 0 Å². The average molecular weight is 263 g/mol. The third-order valence-corrected chi connectivity index (χ3v) is 3.80. The SMILES string of the molecule is CCNC(c1ccccc1OCC)C1(C)CCCO1. The highest BCUT2D eigenvalue weighted by Gasteiger charge is 2.40. The summed E-state index contributed by atoms with van der Waals surface area (Å²) in [6, 6.07) is 8.46. The van der Waals surface area contributed by atoms with E-state index in [1.54, 1.807) is 0 Å². The molecule has 1 aliphatic heterocycles. The van der Waals surface area contributed by atoms with Crippen LogP contribution in [0.15, 0.2) is 24.3 Å². The van der Waals surface area contributed by atoms with Gasteiger partial charge in [-0.2, -0.15) is 0 Å². The minimum absolute atomic E-state index is 0.136. The van der Waals surface area contributed by atoms with Crippen molar-refractivity contribution in [2.45, 2.75) is 45.3 Å². The smallest absolute Gasteiger partial charge is 0.124 e. The van der Waals surface area contributed by atoms with E-state index in [1.807, 2.05) is 19.1 Å². The molecule has 0 amide bonds. The van der Waals surface area contributed by atoms with Crippen molar-refractivity contribution in [3.05, 3.63) is 29.8 Å². The second kappa shape index (κ2) is 6.40. The van der Waals surface area contributed by atoms with Gasteiger partial charge in [-0.15, -0.1) is 0 Å². The summed E-state index contributed by atoms with van der Waals surface area (Å²) >= 11 is 0. The summed E-state index contributed by atoms with van der Waals surface area (Å²) in [4.78, 5) is 0. The summed E-state index contributed by atoms with van der Waals surface area (Å²) in [6.07, 6.45) is 2.22. The van der Waals surface area contributed by atoms with E-state index in [-0.39, 0.29) is 11.6 Å². The summed E-state index contributed by atoms with van der Waals surface area (Å²) < 4.78 is 11.8. The Labute approximate surface area is 116 Å². The second-order valence-corrected chi connectivity index (χ2v) is 5.23. The fourth-order valence-electron chi connectivity index (χ4n) is 2.89. The summed E-state index contributed by atoms with van der Waals surface area (Å²) in [5.74, 6) is 0.965. The summed E-state index contributed by atoms with van der Waals surface area (Å²) in [7, 11) is 0. The van der Waals surface area contributed by atoms with Crippen LogP contribution in [0, 0.1) is 0 Å². The second-order valence-electron chi connectivity index (χ2n) is 5.23. The first-order valence-corrected chi connectivity index (χ1v) is 7.30. The molecule has 106 valence electrons. The van der Waals surface area contributed by atoms with Gasteiger partial charge >= 0.3 is 0 Å². The standard InChI is InChI=1S/C16H25NO2/c1-4-17-15(16(3)11-8-12-19-16)13-9-6-7-10-14(13)18-5-2/h6-7,9-10,15,17H,4-5,8,11-12H2,1-3H3. The molecule has 3 nitrogen and oxygen atoms in total. The van der Waals surface area contributed by atoms with E-state index in [0.717, 1.165) is 31.7 Å². The van der Waals surface area contributed by atoms with Gasteiger partial charge in [0.05, 0.1) is 18.2 Å². The van der Waals surface area contributed by atoms with Gasteiger partial charge in [-0.1, -0.05) is 25.1 Å². The third-order valence-electron chi connectivity index (χ3n) is 3.80. The molecule has 19 heavy (non-hydrogen) atoms. The first-order valence-electron chi connectivity index (χ1n) is 7.30. The number of nitrogens with one attached hydrogen (secondary N) is 1. The highest BCUT2D eigenvalue weighted by atomic mass is 16.5. The number of benzene rings is 1. The maximum absolute atomic E-state index is 6.02. The van der Waals surface area contributed by atoms with Crippen molar-refractivity contribution in [1.82, 2.24) is 5.32 Å². The molecule has 0 radical (unpaired) electrons. The molecular weight excluding hydrogens is 238 g/mol. The van der Waals surface area contributed by atoms with E-state index in [4.69, 9.17) is 9.47 Å². The average Bonchev–Trinajstić information content (AvgIpc) is 2.85. The lowest BCUT2D eigenvalue weighted by molar-refractivity contribution is -0.0127. The topological polar surface area (TPSA) is 30.5 Å². The molecule has 1 heterocycles. The van der Waals surface area contributed by atoms with Crippen molar-refractivity contribution < 1.29 is 9.47 Å². The molecule has 1 saturated heterocycles. The van der Waals surface area contributed by atoms with Crippen molar-refractivity contribution in [3.8, 4) is 5.75 Å². The first kappa shape index (κ1) is 14.4. The van der Waals surface area contributed by atoms with Crippen LogP contribution in [0.25, 0.3) is 0 Å². The molecule has 3 heteroatoms. The lowest BCUT2D eigenvalue weighted by Gasteiger charge is -2.35. The zero-order valence-electron chi connectivity index (χ0n) is 12.2. The Kier molecular flexibility index (Phi) is 4.83. The summed E-state index contributed by atoms with van der Waals surface area (Å²) in [6.45, 7) is 8.82. The number of rotatable bonds is 6. The van der Waals surface area contributed by atoms with E-state index in [1.165, 1.54) is 5.56 Å². The Morgan fingerprint density at radius 3 is 2.79 bits per heavy atom. The molecule has 2 rings (SSSR count). The molecule has 0 aromatic heterocycles. The maximum atomic E-state index is 6.02. The van der Waals surface area contributed by atoms with Crippen LogP contribution in [-0.2, 0) is 4.74 Å². The Hall–Kier alpha value is -1.06. The Bertz CT molecular complexity index is 399. The molecule has 1 N–H and O–H groups in total. The predicted octanol–water partition coefficient (Wildman–Crippen LogP) is 3.31. The molecule has 2 atom stereocenters. The van der Waals surface area contributed by atoms with Crippen molar-refractivity contribution in [2.75, 3.05) is 19.8 Å². The molecule has 1 fully saturated rings. The highest BCUT2D eigenvalue weighted by Crippen LogP contribution is 2.40. The van der Waals surface area contributed by atoms with Gasteiger partial charge in [-0.3, -0.25) is 0 Å². The van der Waals surface area contributed by atoms with E-state index in [0.29, 0.717) is 6.61 Å².